The molecule has 474 valence electrons. The number of aliphatic carboxylic acids is 3. The first-order valence-electron chi connectivity index (χ1n) is 27.1. The van der Waals surface area contributed by atoms with Crippen LogP contribution in [0.3, 0.4) is 0 Å². The third kappa shape index (κ3) is 24.8. The number of halogens is 13. The monoisotopic (exact) mass is 1440 g/mol. The highest BCUT2D eigenvalue weighted by Gasteiger charge is 2.32. The van der Waals surface area contributed by atoms with Gasteiger partial charge in [-0.1, -0.05) is 84.8 Å². The van der Waals surface area contributed by atoms with Gasteiger partial charge < -0.3 is 45.5 Å². The third-order valence-electron chi connectivity index (χ3n) is 12.9. The van der Waals surface area contributed by atoms with Crippen LogP contribution in [0.4, 0.5) is 43.4 Å². The molecule has 0 amide bonds. The molecule has 6 aromatic rings. The van der Waals surface area contributed by atoms with Crippen molar-refractivity contribution in [3.63, 3.8) is 0 Å². The Bertz CT molecular complexity index is 3110. The Morgan fingerprint density at radius 3 is 1.15 bits per heavy atom. The van der Waals surface area contributed by atoms with E-state index < -0.39 is 48.2 Å². The second kappa shape index (κ2) is 35.1. The van der Waals surface area contributed by atoms with Crippen LogP contribution in [0.15, 0.2) is 99.9 Å². The van der Waals surface area contributed by atoms with Gasteiger partial charge in [-0.25, -0.2) is 27.6 Å². The summed E-state index contributed by atoms with van der Waals surface area (Å²) in [5.74, 6) is -3.77. The number of alkyl halides is 6. The molecule has 0 heterocycles. The van der Waals surface area contributed by atoms with Crippen molar-refractivity contribution in [3.8, 4) is 17.2 Å². The van der Waals surface area contributed by atoms with Crippen LogP contribution in [0.25, 0.3) is 0 Å². The molecule has 12 nitrogen and oxygen atoms in total. The van der Waals surface area contributed by atoms with Gasteiger partial charge in [0.1, 0.15) is 25.6 Å². The van der Waals surface area contributed by atoms with Crippen LogP contribution in [0.2, 0.25) is 25.1 Å². The molecule has 6 atom stereocenters. The summed E-state index contributed by atoms with van der Waals surface area (Å²) >= 11 is 37.6. The lowest BCUT2D eigenvalue weighted by Gasteiger charge is -2.18. The first-order valence-corrected chi connectivity index (χ1v) is 30.6. The van der Waals surface area contributed by atoms with Crippen molar-refractivity contribution in [3.05, 3.63) is 170 Å². The molecule has 0 saturated heterocycles. The van der Waals surface area contributed by atoms with E-state index in [9.17, 15) is 40.7 Å². The van der Waals surface area contributed by atoms with Crippen LogP contribution in [0.1, 0.15) is 105 Å². The smallest absolute Gasteiger partial charge is 0.416 e. The minimum atomic E-state index is -4.50. The quantitative estimate of drug-likeness (QED) is 0.0270. The SMILES string of the molecule is CCC(C)Nc1cc(C)cc(COc2c(Cl)cc(CC(F)C(=O)O)cc2Cl)c1.CCC(C)Nc1cc(COc2c(Br)cc(CC(F)C(=O)O)cc2Br)cc(C(F)(F)F)c1.CCC(C)Nc1cc(Cl)cc(COc2c(Cl)cc(CC(F)C(=O)O)cc2Cl)c1. The van der Waals surface area contributed by atoms with E-state index in [0.29, 0.717) is 59.7 Å². The zero-order chi connectivity index (χ0) is 65.0. The standard InChI is InChI=1S/C21H21Br2F4NO3.C21H24Cl2FNO3.C20H21Cl3FNO3/c1-3-11(2)28-15-5-13(4-14(9-15)21(25,26)27)10-31-19-16(22)6-12(7-17(19)23)8-18(24)20(29)30;1-4-13(3)25-16-6-12(2)5-15(7-16)11-28-20-17(22)8-14(9-18(20)23)10-19(24)21(26)27;1-3-11(2)25-15-5-13(4-14(21)9-15)10-28-19-16(22)6-12(7-17(19)23)8-18(24)20(26)27/h4-7,9,11,18,28H,3,8,10H2,1-2H3,(H,29,30);5-9,13,19,25H,4,10-11H2,1-3H3,(H,26,27);4-7,9,11,18,25H,3,8,10H2,1-2H3,(H,26,27). The molecule has 25 heteroatoms. The summed E-state index contributed by atoms with van der Waals surface area (Å²) in [5.41, 5.74) is 5.85. The third-order valence-corrected chi connectivity index (χ3v) is 15.4. The summed E-state index contributed by atoms with van der Waals surface area (Å²) in [6.45, 7) is 14.5. The molecule has 6 unspecified atom stereocenters. The Morgan fingerprint density at radius 1 is 0.471 bits per heavy atom. The predicted octanol–water partition coefficient (Wildman–Crippen LogP) is 19.4. The van der Waals surface area contributed by atoms with Gasteiger partial charge >= 0.3 is 24.1 Å². The zero-order valence-corrected chi connectivity index (χ0v) is 55.1. The lowest BCUT2D eigenvalue weighted by atomic mass is 10.1. The number of carboxylic acids is 3. The van der Waals surface area contributed by atoms with E-state index in [0.717, 1.165) is 59.5 Å². The van der Waals surface area contributed by atoms with E-state index in [-0.39, 0.29) is 76.7 Å². The average molecular weight is 1450 g/mol. The van der Waals surface area contributed by atoms with E-state index in [1.807, 2.05) is 45.0 Å². The van der Waals surface area contributed by atoms with Gasteiger partial charge in [0.25, 0.3) is 0 Å². The van der Waals surface area contributed by atoms with Gasteiger partial charge in [-0.05, 0) is 203 Å². The number of hydrogen-bond donors (Lipinski definition) is 6. The molecule has 0 aliphatic carbocycles. The summed E-state index contributed by atoms with van der Waals surface area (Å²) in [5, 5.41) is 37.3. The largest absolute Gasteiger partial charge is 0.487 e. The minimum absolute atomic E-state index is 0.00165. The highest BCUT2D eigenvalue weighted by atomic mass is 79.9. The van der Waals surface area contributed by atoms with Crippen LogP contribution in [-0.4, -0.2) is 69.9 Å². The maximum Gasteiger partial charge on any atom is 0.416 e. The van der Waals surface area contributed by atoms with Gasteiger partial charge in [-0.15, -0.1) is 0 Å². The Kier molecular flexibility index (Phi) is 29.8. The first kappa shape index (κ1) is 74.0. The van der Waals surface area contributed by atoms with Crippen molar-refractivity contribution in [2.45, 2.75) is 150 Å². The molecule has 6 N–H and O–H groups in total. The lowest BCUT2D eigenvalue weighted by molar-refractivity contribution is -0.143. The molecule has 0 bridgehead atoms. The predicted molar refractivity (Wildman–Crippen MR) is 341 cm³/mol. The van der Waals surface area contributed by atoms with E-state index in [2.05, 4.69) is 81.6 Å². The molecule has 6 aromatic carbocycles. The second-order valence-corrected chi connectivity index (χ2v) is 24.2. The van der Waals surface area contributed by atoms with Gasteiger partial charge in [0.15, 0.2) is 11.5 Å². The second-order valence-electron chi connectivity index (χ2n) is 20.4. The zero-order valence-electron chi connectivity index (χ0n) is 48.2. The Hall–Kier alpha value is -5.48. The number of rotatable bonds is 27. The van der Waals surface area contributed by atoms with Crippen molar-refractivity contribution in [1.29, 1.82) is 0 Å². The molecule has 6 rings (SSSR count). The number of hydrogen-bond acceptors (Lipinski definition) is 9. The fourth-order valence-corrected chi connectivity index (χ4v) is 11.0. The molecular formula is C62H66Br2Cl5F6N3O9. The summed E-state index contributed by atoms with van der Waals surface area (Å²) in [6, 6.07) is 24.8. The highest BCUT2D eigenvalue weighted by Crippen LogP contribution is 2.40. The lowest BCUT2D eigenvalue weighted by Crippen LogP contribution is -2.17. The summed E-state index contributed by atoms with van der Waals surface area (Å²) < 4.78 is 98.3. The van der Waals surface area contributed by atoms with Crippen LogP contribution < -0.4 is 30.2 Å². The van der Waals surface area contributed by atoms with Crippen molar-refractivity contribution in [2.24, 2.45) is 0 Å². The van der Waals surface area contributed by atoms with E-state index in [4.69, 9.17) is 87.5 Å². The van der Waals surface area contributed by atoms with Crippen molar-refractivity contribution in [2.75, 3.05) is 16.0 Å². The molecule has 0 saturated carbocycles. The summed E-state index contributed by atoms with van der Waals surface area (Å²) in [7, 11) is 0. The molecule has 0 aliphatic rings. The maximum absolute atomic E-state index is 13.5. The fourth-order valence-electron chi connectivity index (χ4n) is 7.98. The molecule has 0 fully saturated rings. The summed E-state index contributed by atoms with van der Waals surface area (Å²) in [6.07, 6.45) is -8.82. The van der Waals surface area contributed by atoms with E-state index in [1.165, 1.54) is 36.4 Å². The minimum Gasteiger partial charge on any atom is -0.487 e. The highest BCUT2D eigenvalue weighted by molar-refractivity contribution is 9.11. The van der Waals surface area contributed by atoms with Crippen LogP contribution >= 0.6 is 89.9 Å². The Labute approximate surface area is 543 Å². The number of carbonyl (C=O) groups is 3. The number of benzene rings is 6. The molecule has 0 spiro atoms. The van der Waals surface area contributed by atoms with Gasteiger partial charge in [-0.2, -0.15) is 13.2 Å². The van der Waals surface area contributed by atoms with Gasteiger partial charge in [0.05, 0.1) is 34.6 Å². The topological polar surface area (TPSA) is 176 Å². The van der Waals surface area contributed by atoms with Crippen LogP contribution in [0.5, 0.6) is 17.2 Å². The van der Waals surface area contributed by atoms with Crippen LogP contribution in [-0.2, 0) is 59.6 Å². The van der Waals surface area contributed by atoms with Gasteiger partial charge in [0.2, 0.25) is 18.5 Å². The van der Waals surface area contributed by atoms with E-state index in [1.54, 1.807) is 12.1 Å². The molecule has 0 aliphatic heterocycles. The Balaban J connectivity index is 0.000000280. The van der Waals surface area contributed by atoms with Gasteiger partial charge in [-0.3, -0.25) is 0 Å². The molecule has 87 heavy (non-hydrogen) atoms. The van der Waals surface area contributed by atoms with Crippen LogP contribution in [0, 0.1) is 6.92 Å². The van der Waals surface area contributed by atoms with Crippen molar-refractivity contribution >= 4 is 125 Å². The van der Waals surface area contributed by atoms with E-state index >= 15 is 0 Å². The van der Waals surface area contributed by atoms with Crippen molar-refractivity contribution in [1.82, 2.24) is 0 Å². The number of nitrogens with one attached hydrogen (secondary N) is 3. The molecular weight excluding hydrogens is 1380 g/mol. The maximum atomic E-state index is 13.5. The van der Waals surface area contributed by atoms with Crippen molar-refractivity contribution < 1.29 is 70.3 Å². The number of ether oxygens (including phenoxy) is 3. The molecule has 0 radical (unpaired) electrons. The number of carboxylic acid groups (broad SMARTS) is 3. The first-order chi connectivity index (χ1) is 40.8. The average Bonchev–Trinajstić information content (AvgIpc) is 3.55. The molecule has 0 aromatic heterocycles. The normalized spacial score (nSPS) is 13.2. The summed E-state index contributed by atoms with van der Waals surface area (Å²) in [4.78, 5) is 32.0. The van der Waals surface area contributed by atoms with Gasteiger partial charge in [0, 0.05) is 59.5 Å². The fraction of sp³-hybridized carbons (Fsp3) is 0.371. The number of anilines is 3. The Morgan fingerprint density at radius 2 is 0.793 bits per heavy atom. The number of aryl methyl sites for hydroxylation is 1.